The molecule has 1 unspecified atom stereocenters. The summed E-state index contributed by atoms with van der Waals surface area (Å²) in [6, 6.07) is 6.85. The maximum atomic E-state index is 11.6. The van der Waals surface area contributed by atoms with Gasteiger partial charge in [0.15, 0.2) is 9.84 Å². The van der Waals surface area contributed by atoms with Crippen LogP contribution in [0.1, 0.15) is 25.8 Å². The molecule has 1 aromatic carbocycles. The Hall–Kier alpha value is -0.870. The largest absolute Gasteiger partial charge is 0.393 e. The molecule has 17 heavy (non-hydrogen) atoms. The van der Waals surface area contributed by atoms with Gasteiger partial charge in [0, 0.05) is 6.26 Å². The van der Waals surface area contributed by atoms with Crippen molar-refractivity contribution in [2.45, 2.75) is 37.7 Å². The standard InChI is InChI=1S/C13H20O3S/c1-10(2)8-12(14)9-11-6-4-5-7-13(11)17(3,15)16/h4-7,10,12,14H,8-9H2,1-3H3. The molecule has 0 aliphatic carbocycles. The monoisotopic (exact) mass is 256 g/mol. The van der Waals surface area contributed by atoms with E-state index >= 15 is 0 Å². The molecule has 0 aliphatic heterocycles. The predicted octanol–water partition coefficient (Wildman–Crippen LogP) is 2.04. The van der Waals surface area contributed by atoms with Crippen molar-refractivity contribution in [3.05, 3.63) is 29.8 Å². The second-order valence-corrected chi connectivity index (χ2v) is 6.85. The van der Waals surface area contributed by atoms with E-state index in [1.807, 2.05) is 13.8 Å². The number of rotatable bonds is 5. The third-order valence-electron chi connectivity index (χ3n) is 2.57. The van der Waals surface area contributed by atoms with Gasteiger partial charge in [-0.3, -0.25) is 0 Å². The lowest BCUT2D eigenvalue weighted by molar-refractivity contribution is 0.148. The Labute approximate surface area is 103 Å². The van der Waals surface area contributed by atoms with Crippen molar-refractivity contribution in [3.63, 3.8) is 0 Å². The molecule has 0 saturated carbocycles. The first-order chi connectivity index (χ1) is 7.80. The highest BCUT2D eigenvalue weighted by Gasteiger charge is 2.15. The maximum absolute atomic E-state index is 11.6. The summed E-state index contributed by atoms with van der Waals surface area (Å²) >= 11 is 0. The number of aliphatic hydroxyl groups is 1. The van der Waals surface area contributed by atoms with Gasteiger partial charge in [0.2, 0.25) is 0 Å². The smallest absolute Gasteiger partial charge is 0.175 e. The van der Waals surface area contributed by atoms with Gasteiger partial charge >= 0.3 is 0 Å². The lowest BCUT2D eigenvalue weighted by atomic mass is 10.00. The number of hydrogen-bond donors (Lipinski definition) is 1. The molecule has 96 valence electrons. The lowest BCUT2D eigenvalue weighted by Crippen LogP contribution is -2.15. The van der Waals surface area contributed by atoms with Gasteiger partial charge in [0.25, 0.3) is 0 Å². The zero-order valence-electron chi connectivity index (χ0n) is 10.6. The van der Waals surface area contributed by atoms with Gasteiger partial charge < -0.3 is 5.11 Å². The molecule has 0 saturated heterocycles. The van der Waals surface area contributed by atoms with Crippen LogP contribution in [0, 0.1) is 5.92 Å². The van der Waals surface area contributed by atoms with Crippen molar-refractivity contribution < 1.29 is 13.5 Å². The fourth-order valence-electron chi connectivity index (χ4n) is 1.92. The van der Waals surface area contributed by atoms with E-state index in [1.54, 1.807) is 24.3 Å². The SMILES string of the molecule is CC(C)CC(O)Cc1ccccc1S(C)(=O)=O. The Morgan fingerprint density at radius 1 is 1.24 bits per heavy atom. The van der Waals surface area contributed by atoms with Gasteiger partial charge in [0.05, 0.1) is 11.0 Å². The molecule has 0 spiro atoms. The summed E-state index contributed by atoms with van der Waals surface area (Å²) < 4.78 is 23.2. The highest BCUT2D eigenvalue weighted by atomic mass is 32.2. The van der Waals surface area contributed by atoms with E-state index in [0.29, 0.717) is 29.2 Å². The molecule has 0 aliphatic rings. The van der Waals surface area contributed by atoms with Crippen molar-refractivity contribution in [1.29, 1.82) is 0 Å². The van der Waals surface area contributed by atoms with E-state index in [0.717, 1.165) is 0 Å². The van der Waals surface area contributed by atoms with Crippen molar-refractivity contribution in [2.24, 2.45) is 5.92 Å². The molecule has 1 atom stereocenters. The van der Waals surface area contributed by atoms with Gasteiger partial charge in [0.1, 0.15) is 0 Å². The highest BCUT2D eigenvalue weighted by Crippen LogP contribution is 2.19. The average molecular weight is 256 g/mol. The molecule has 0 radical (unpaired) electrons. The molecule has 4 heteroatoms. The normalized spacial score (nSPS) is 13.9. The van der Waals surface area contributed by atoms with Gasteiger partial charge in [-0.25, -0.2) is 8.42 Å². The molecule has 1 N–H and O–H groups in total. The Morgan fingerprint density at radius 2 is 1.82 bits per heavy atom. The van der Waals surface area contributed by atoms with Gasteiger partial charge in [-0.1, -0.05) is 32.0 Å². The predicted molar refractivity (Wildman–Crippen MR) is 68.7 cm³/mol. The second-order valence-electron chi connectivity index (χ2n) is 4.87. The molecule has 0 aromatic heterocycles. The summed E-state index contributed by atoms with van der Waals surface area (Å²) in [5.74, 6) is 0.399. The third kappa shape index (κ3) is 4.48. The van der Waals surface area contributed by atoms with Crippen molar-refractivity contribution >= 4 is 9.84 Å². The number of benzene rings is 1. The van der Waals surface area contributed by atoms with Crippen LogP contribution in [0.4, 0.5) is 0 Å². The Kier molecular flexibility index (Phi) is 4.71. The molecule has 0 amide bonds. The maximum Gasteiger partial charge on any atom is 0.175 e. The zero-order valence-corrected chi connectivity index (χ0v) is 11.4. The topological polar surface area (TPSA) is 54.4 Å². The van der Waals surface area contributed by atoms with Crippen molar-refractivity contribution in [1.82, 2.24) is 0 Å². The van der Waals surface area contributed by atoms with Crippen LogP contribution in [0.5, 0.6) is 0 Å². The van der Waals surface area contributed by atoms with Crippen molar-refractivity contribution in [3.8, 4) is 0 Å². The summed E-state index contributed by atoms with van der Waals surface area (Å²) in [6.07, 6.45) is 1.78. The Morgan fingerprint density at radius 3 is 2.35 bits per heavy atom. The van der Waals surface area contributed by atoms with Gasteiger partial charge in [-0.2, -0.15) is 0 Å². The molecule has 3 nitrogen and oxygen atoms in total. The Balaban J connectivity index is 2.92. The molecular weight excluding hydrogens is 236 g/mol. The summed E-state index contributed by atoms with van der Waals surface area (Å²) in [7, 11) is -3.22. The quantitative estimate of drug-likeness (QED) is 0.877. The van der Waals surface area contributed by atoms with Gasteiger partial charge in [-0.05, 0) is 30.4 Å². The number of aliphatic hydroxyl groups excluding tert-OH is 1. The van der Waals surface area contributed by atoms with Crippen LogP contribution in [0.3, 0.4) is 0 Å². The number of hydrogen-bond acceptors (Lipinski definition) is 3. The van der Waals surface area contributed by atoms with E-state index in [1.165, 1.54) is 6.26 Å². The molecule has 1 rings (SSSR count). The van der Waals surface area contributed by atoms with E-state index in [2.05, 4.69) is 0 Å². The van der Waals surface area contributed by atoms with Crippen LogP contribution in [-0.2, 0) is 16.3 Å². The third-order valence-corrected chi connectivity index (χ3v) is 3.77. The molecule has 0 bridgehead atoms. The summed E-state index contributed by atoms with van der Waals surface area (Å²) in [6.45, 7) is 4.07. The van der Waals surface area contributed by atoms with Crippen molar-refractivity contribution in [2.75, 3.05) is 6.26 Å². The first kappa shape index (κ1) is 14.2. The van der Waals surface area contributed by atoms with E-state index in [9.17, 15) is 13.5 Å². The average Bonchev–Trinajstić information content (AvgIpc) is 2.15. The van der Waals surface area contributed by atoms with Crippen LogP contribution in [0.25, 0.3) is 0 Å². The van der Waals surface area contributed by atoms with Crippen LogP contribution >= 0.6 is 0 Å². The van der Waals surface area contributed by atoms with Crippen LogP contribution < -0.4 is 0 Å². The fourth-order valence-corrected chi connectivity index (χ4v) is 2.87. The van der Waals surface area contributed by atoms with E-state index in [-0.39, 0.29) is 0 Å². The zero-order chi connectivity index (χ0) is 13.1. The van der Waals surface area contributed by atoms with Crippen LogP contribution in [-0.4, -0.2) is 25.9 Å². The fraction of sp³-hybridized carbons (Fsp3) is 0.538. The molecule has 0 heterocycles. The number of sulfone groups is 1. The van der Waals surface area contributed by atoms with E-state index in [4.69, 9.17) is 0 Å². The second kappa shape index (κ2) is 5.65. The van der Waals surface area contributed by atoms with Crippen LogP contribution in [0.2, 0.25) is 0 Å². The first-order valence-corrected chi connectivity index (χ1v) is 7.66. The first-order valence-electron chi connectivity index (χ1n) is 5.76. The molecular formula is C13H20O3S. The molecule has 1 aromatic rings. The summed E-state index contributed by atoms with van der Waals surface area (Å²) in [5, 5.41) is 9.87. The lowest BCUT2D eigenvalue weighted by Gasteiger charge is -2.14. The molecule has 0 fully saturated rings. The van der Waals surface area contributed by atoms with Gasteiger partial charge in [-0.15, -0.1) is 0 Å². The Bertz CT molecular complexity index is 463. The summed E-state index contributed by atoms with van der Waals surface area (Å²) in [4.78, 5) is 0.322. The van der Waals surface area contributed by atoms with Crippen LogP contribution in [0.15, 0.2) is 29.2 Å². The summed E-state index contributed by atoms with van der Waals surface area (Å²) in [5.41, 5.74) is 0.697. The minimum Gasteiger partial charge on any atom is -0.393 e. The minimum absolute atomic E-state index is 0.322. The minimum atomic E-state index is -3.22. The highest BCUT2D eigenvalue weighted by molar-refractivity contribution is 7.90. The van der Waals surface area contributed by atoms with E-state index < -0.39 is 15.9 Å².